The van der Waals surface area contributed by atoms with E-state index in [1.165, 1.54) is 23.0 Å². The quantitative estimate of drug-likeness (QED) is 0.702. The first-order valence-electron chi connectivity index (χ1n) is 9.70. The Kier molecular flexibility index (Phi) is 4.42. The summed E-state index contributed by atoms with van der Waals surface area (Å²) in [5.41, 5.74) is 0.599. The van der Waals surface area contributed by atoms with Crippen LogP contribution >= 0.6 is 0 Å². The minimum Gasteiger partial charge on any atom is -0.381 e. The maximum absolute atomic E-state index is 14.4. The molecule has 1 saturated heterocycles. The van der Waals surface area contributed by atoms with Gasteiger partial charge in [0.05, 0.1) is 23.0 Å². The van der Waals surface area contributed by atoms with Crippen molar-refractivity contribution in [1.82, 2.24) is 19.6 Å². The van der Waals surface area contributed by atoms with Gasteiger partial charge in [0.15, 0.2) is 5.82 Å². The van der Waals surface area contributed by atoms with E-state index in [2.05, 4.69) is 20.4 Å². The number of rotatable bonds is 5. The van der Waals surface area contributed by atoms with Crippen molar-refractivity contribution in [3.63, 3.8) is 0 Å². The Morgan fingerprint density at radius 2 is 1.93 bits per heavy atom. The zero-order chi connectivity index (χ0) is 20.0. The van der Waals surface area contributed by atoms with Gasteiger partial charge in [-0.25, -0.2) is 22.7 Å². The Balaban J connectivity index is 1.47. The summed E-state index contributed by atoms with van der Waals surface area (Å²) in [5, 5.41) is 7.69. The van der Waals surface area contributed by atoms with Gasteiger partial charge >= 0.3 is 0 Å². The normalized spacial score (nSPS) is 19.0. The van der Waals surface area contributed by atoms with Crippen LogP contribution in [0.25, 0.3) is 16.9 Å². The van der Waals surface area contributed by atoms with Crippen molar-refractivity contribution in [3.8, 4) is 11.4 Å². The summed E-state index contributed by atoms with van der Waals surface area (Å²) in [7, 11) is 0. The number of nitrogens with zero attached hydrogens (tertiary/aromatic N) is 4. The molecule has 1 saturated carbocycles. The van der Waals surface area contributed by atoms with Crippen molar-refractivity contribution < 1.29 is 17.9 Å². The van der Waals surface area contributed by atoms with Crippen LogP contribution in [0.15, 0.2) is 30.6 Å². The first-order chi connectivity index (χ1) is 14.1. The molecule has 6 nitrogen and oxygen atoms in total. The maximum atomic E-state index is 14.4. The predicted octanol–water partition coefficient (Wildman–Crippen LogP) is 3.82. The van der Waals surface area contributed by atoms with Crippen LogP contribution in [0.2, 0.25) is 0 Å². The third kappa shape index (κ3) is 3.23. The van der Waals surface area contributed by atoms with E-state index in [0.29, 0.717) is 49.0 Å². The maximum Gasteiger partial charge on any atom is 0.248 e. The van der Waals surface area contributed by atoms with Crippen molar-refractivity contribution in [2.24, 2.45) is 0 Å². The molecular formula is C20H20F3N5O. The lowest BCUT2D eigenvalue weighted by molar-refractivity contribution is 0.0903. The Morgan fingerprint density at radius 1 is 1.14 bits per heavy atom. The lowest BCUT2D eigenvalue weighted by Crippen LogP contribution is -2.28. The zero-order valence-electron chi connectivity index (χ0n) is 15.6. The summed E-state index contributed by atoms with van der Waals surface area (Å²) in [6.45, 7) is 1.36. The standard InChI is InChI=1S/C20H20F3N5O/c21-14-9-16(15-2-1-12(10-24-15)20(5-6-20)18(22)23)28-17(14)11-25-19(27-28)26-13-3-7-29-8-4-13/h1-2,9-11,13,18H,3-8H2,(H,26,27). The van der Waals surface area contributed by atoms with Gasteiger partial charge in [-0.05, 0) is 37.3 Å². The molecule has 1 N–H and O–H groups in total. The molecule has 0 atom stereocenters. The van der Waals surface area contributed by atoms with Gasteiger partial charge in [0.1, 0.15) is 5.52 Å². The summed E-state index contributed by atoms with van der Waals surface area (Å²) in [6, 6.07) is 4.84. The second-order valence-corrected chi connectivity index (χ2v) is 7.68. The molecule has 5 rings (SSSR count). The summed E-state index contributed by atoms with van der Waals surface area (Å²) >= 11 is 0. The van der Waals surface area contributed by atoms with Crippen LogP contribution in [0.5, 0.6) is 0 Å². The monoisotopic (exact) mass is 403 g/mol. The summed E-state index contributed by atoms with van der Waals surface area (Å²) in [4.78, 5) is 8.54. The highest BCUT2D eigenvalue weighted by Gasteiger charge is 2.52. The molecule has 3 aromatic rings. The molecule has 29 heavy (non-hydrogen) atoms. The number of halogens is 3. The number of aromatic nitrogens is 4. The van der Waals surface area contributed by atoms with Gasteiger partial charge in [-0.2, -0.15) is 0 Å². The molecular weight excluding hydrogens is 383 g/mol. The number of nitrogens with one attached hydrogen (secondary N) is 1. The van der Waals surface area contributed by atoms with Crippen molar-refractivity contribution in [1.29, 1.82) is 0 Å². The third-order valence-electron chi connectivity index (χ3n) is 5.83. The van der Waals surface area contributed by atoms with Crippen LogP contribution < -0.4 is 5.32 Å². The Bertz CT molecular complexity index is 1030. The average molecular weight is 403 g/mol. The number of fused-ring (bicyclic) bond motifs is 1. The van der Waals surface area contributed by atoms with E-state index in [0.717, 1.165) is 12.8 Å². The number of hydrogen-bond acceptors (Lipinski definition) is 5. The lowest BCUT2D eigenvalue weighted by Gasteiger charge is -2.22. The number of hydrogen-bond donors (Lipinski definition) is 1. The van der Waals surface area contributed by atoms with Crippen molar-refractivity contribution in [3.05, 3.63) is 42.0 Å². The van der Waals surface area contributed by atoms with Crippen LogP contribution in [-0.4, -0.2) is 45.3 Å². The van der Waals surface area contributed by atoms with Gasteiger partial charge in [-0.15, -0.1) is 5.10 Å². The predicted molar refractivity (Wildman–Crippen MR) is 101 cm³/mol. The van der Waals surface area contributed by atoms with E-state index in [4.69, 9.17) is 4.74 Å². The van der Waals surface area contributed by atoms with Crippen LogP contribution in [0.1, 0.15) is 31.2 Å². The topological polar surface area (TPSA) is 64.3 Å². The van der Waals surface area contributed by atoms with Gasteiger partial charge in [0, 0.05) is 31.5 Å². The first kappa shape index (κ1) is 18.4. The number of anilines is 1. The fourth-order valence-electron chi connectivity index (χ4n) is 3.83. The fraction of sp³-hybridized carbons (Fsp3) is 0.450. The second-order valence-electron chi connectivity index (χ2n) is 7.68. The first-order valence-corrected chi connectivity index (χ1v) is 9.70. The highest BCUT2D eigenvalue weighted by molar-refractivity contribution is 5.64. The lowest BCUT2D eigenvalue weighted by atomic mass is 9.98. The van der Waals surface area contributed by atoms with E-state index in [-0.39, 0.29) is 11.6 Å². The van der Waals surface area contributed by atoms with Gasteiger partial charge in [-0.1, -0.05) is 6.07 Å². The van der Waals surface area contributed by atoms with Gasteiger partial charge in [0.25, 0.3) is 0 Å². The molecule has 152 valence electrons. The molecule has 2 aliphatic rings. The van der Waals surface area contributed by atoms with Crippen LogP contribution in [0.3, 0.4) is 0 Å². The molecule has 0 spiro atoms. The van der Waals surface area contributed by atoms with Crippen LogP contribution in [-0.2, 0) is 10.2 Å². The smallest absolute Gasteiger partial charge is 0.248 e. The molecule has 0 unspecified atom stereocenters. The molecule has 9 heteroatoms. The molecule has 3 aromatic heterocycles. The average Bonchev–Trinajstić information content (AvgIpc) is 3.49. The summed E-state index contributed by atoms with van der Waals surface area (Å²) in [5.74, 6) is -0.0674. The highest BCUT2D eigenvalue weighted by Crippen LogP contribution is 2.52. The van der Waals surface area contributed by atoms with E-state index in [9.17, 15) is 13.2 Å². The Morgan fingerprint density at radius 3 is 2.59 bits per heavy atom. The molecule has 0 bridgehead atoms. The van der Waals surface area contributed by atoms with Gasteiger partial charge in [0.2, 0.25) is 12.4 Å². The number of pyridine rings is 1. The third-order valence-corrected chi connectivity index (χ3v) is 5.83. The van der Waals surface area contributed by atoms with Gasteiger partial charge < -0.3 is 10.1 Å². The summed E-state index contributed by atoms with van der Waals surface area (Å²) < 4.78 is 47.8. The van der Waals surface area contributed by atoms with Crippen molar-refractivity contribution >= 4 is 11.5 Å². The molecule has 0 radical (unpaired) electrons. The zero-order valence-corrected chi connectivity index (χ0v) is 15.6. The largest absolute Gasteiger partial charge is 0.381 e. The second kappa shape index (κ2) is 6.98. The van der Waals surface area contributed by atoms with Crippen molar-refractivity contribution in [2.75, 3.05) is 18.5 Å². The minimum atomic E-state index is -2.41. The fourth-order valence-corrected chi connectivity index (χ4v) is 3.83. The van der Waals surface area contributed by atoms with E-state index in [1.54, 1.807) is 12.1 Å². The minimum absolute atomic E-state index is 0.201. The Hall–Kier alpha value is -2.68. The number of alkyl halides is 2. The molecule has 1 aliphatic carbocycles. The van der Waals surface area contributed by atoms with Crippen molar-refractivity contribution in [2.45, 2.75) is 43.6 Å². The van der Waals surface area contributed by atoms with E-state index >= 15 is 0 Å². The molecule has 1 aliphatic heterocycles. The van der Waals surface area contributed by atoms with Crippen LogP contribution in [0, 0.1) is 5.82 Å². The van der Waals surface area contributed by atoms with E-state index in [1.807, 2.05) is 0 Å². The molecule has 2 fully saturated rings. The molecule has 4 heterocycles. The highest BCUT2D eigenvalue weighted by atomic mass is 19.3. The number of ether oxygens (including phenoxy) is 1. The van der Waals surface area contributed by atoms with Crippen LogP contribution in [0.4, 0.5) is 19.1 Å². The van der Waals surface area contributed by atoms with E-state index < -0.39 is 17.7 Å². The van der Waals surface area contributed by atoms with Gasteiger partial charge in [-0.3, -0.25) is 4.98 Å². The Labute approximate surface area is 165 Å². The SMILES string of the molecule is Fc1cc(-c2ccc(C3(C(F)F)CC3)cn2)n2nc(NC3CCOCC3)ncc12. The summed E-state index contributed by atoms with van der Waals surface area (Å²) in [6.07, 6.45) is 3.11. The molecule has 0 amide bonds. The molecule has 0 aromatic carbocycles.